The van der Waals surface area contributed by atoms with Gasteiger partial charge in [0.25, 0.3) is 0 Å². The second-order valence-electron chi connectivity index (χ2n) is 7.19. The summed E-state index contributed by atoms with van der Waals surface area (Å²) in [6.07, 6.45) is 0.861. The molecule has 0 N–H and O–H groups in total. The maximum atomic E-state index is 13.2. The van der Waals surface area contributed by atoms with Crippen LogP contribution in [0.25, 0.3) is 0 Å². The summed E-state index contributed by atoms with van der Waals surface area (Å²) >= 11 is 0. The van der Waals surface area contributed by atoms with Gasteiger partial charge in [-0.15, -0.1) is 0 Å². The highest BCUT2D eigenvalue weighted by Gasteiger charge is 2.35. The number of carbonyl (C=O) groups is 3. The Morgan fingerprint density at radius 1 is 1.14 bits per heavy atom. The summed E-state index contributed by atoms with van der Waals surface area (Å²) in [5.74, 6) is -1.65. The maximum absolute atomic E-state index is 13.2. The van der Waals surface area contributed by atoms with Crippen LogP contribution in [0, 0.1) is 5.92 Å². The van der Waals surface area contributed by atoms with Crippen LogP contribution in [0.5, 0.6) is 0 Å². The van der Waals surface area contributed by atoms with E-state index < -0.39 is 21.8 Å². The maximum Gasteiger partial charge on any atom is 0.310 e. The molecule has 10 heteroatoms. The number of ether oxygens (including phenoxy) is 1. The molecule has 1 fully saturated rings. The largest absolute Gasteiger partial charge is 0.466 e. The van der Waals surface area contributed by atoms with Crippen LogP contribution in [-0.2, 0) is 29.1 Å². The number of nitrogens with zero attached hydrogens (tertiary/aromatic N) is 3. The highest BCUT2D eigenvalue weighted by molar-refractivity contribution is 7.89. The fourth-order valence-corrected chi connectivity index (χ4v) is 5.16. The van der Waals surface area contributed by atoms with Crippen LogP contribution in [0.1, 0.15) is 26.2 Å². The summed E-state index contributed by atoms with van der Waals surface area (Å²) < 4.78 is 32.7. The van der Waals surface area contributed by atoms with Crippen LogP contribution in [0.3, 0.4) is 0 Å². The zero-order valence-electron chi connectivity index (χ0n) is 16.8. The molecule has 2 amide bonds. The first-order valence-corrected chi connectivity index (χ1v) is 10.9. The number of piperidine rings is 1. The number of carbonyl (C=O) groups excluding carboxylic acids is 3. The molecule has 1 aromatic carbocycles. The van der Waals surface area contributed by atoms with E-state index in [1.165, 1.54) is 39.4 Å². The number of anilines is 2. The van der Waals surface area contributed by atoms with Gasteiger partial charge in [0.05, 0.1) is 28.8 Å². The molecular formula is C19H25N3O6S. The first-order valence-electron chi connectivity index (χ1n) is 9.50. The van der Waals surface area contributed by atoms with Crippen molar-refractivity contribution < 1.29 is 27.5 Å². The second kappa shape index (κ2) is 8.11. The minimum absolute atomic E-state index is 0.0168. The van der Waals surface area contributed by atoms with E-state index >= 15 is 0 Å². The minimum atomic E-state index is -3.88. The first-order chi connectivity index (χ1) is 13.7. The van der Waals surface area contributed by atoms with Crippen molar-refractivity contribution in [3.63, 3.8) is 0 Å². The van der Waals surface area contributed by atoms with Crippen molar-refractivity contribution in [2.75, 3.05) is 43.6 Å². The first kappa shape index (κ1) is 21.3. The van der Waals surface area contributed by atoms with Crippen molar-refractivity contribution in [1.82, 2.24) is 4.31 Å². The summed E-state index contributed by atoms with van der Waals surface area (Å²) in [6.45, 7) is 2.33. The molecule has 1 saturated heterocycles. The summed E-state index contributed by atoms with van der Waals surface area (Å²) in [6, 6.07) is 4.36. The van der Waals surface area contributed by atoms with E-state index in [0.29, 0.717) is 30.8 Å². The Labute approximate surface area is 170 Å². The molecule has 0 aliphatic carbocycles. The monoisotopic (exact) mass is 423 g/mol. The van der Waals surface area contributed by atoms with Crippen molar-refractivity contribution in [3.05, 3.63) is 18.2 Å². The Bertz CT molecular complexity index is 945. The molecule has 2 aliphatic rings. The van der Waals surface area contributed by atoms with Crippen LogP contribution in [0.15, 0.2) is 23.1 Å². The lowest BCUT2D eigenvalue weighted by atomic mass is 10.0. The van der Waals surface area contributed by atoms with Crippen LogP contribution in [0.4, 0.5) is 11.4 Å². The van der Waals surface area contributed by atoms with Gasteiger partial charge in [0.1, 0.15) is 6.42 Å². The quantitative estimate of drug-likeness (QED) is 0.528. The van der Waals surface area contributed by atoms with Gasteiger partial charge >= 0.3 is 5.97 Å². The number of rotatable bonds is 4. The van der Waals surface area contributed by atoms with Crippen molar-refractivity contribution in [2.24, 2.45) is 5.92 Å². The molecule has 29 heavy (non-hydrogen) atoms. The third kappa shape index (κ3) is 3.99. The van der Waals surface area contributed by atoms with Crippen LogP contribution in [0.2, 0.25) is 0 Å². The Balaban J connectivity index is 1.94. The average Bonchev–Trinajstić information content (AvgIpc) is 2.79. The number of benzene rings is 1. The van der Waals surface area contributed by atoms with Gasteiger partial charge in [-0.3, -0.25) is 14.4 Å². The van der Waals surface area contributed by atoms with Gasteiger partial charge < -0.3 is 14.5 Å². The molecule has 2 aliphatic heterocycles. The molecule has 3 rings (SSSR count). The van der Waals surface area contributed by atoms with Crippen LogP contribution in [-0.4, -0.2) is 64.3 Å². The lowest BCUT2D eigenvalue weighted by molar-refractivity contribution is -0.149. The van der Waals surface area contributed by atoms with Crippen molar-refractivity contribution in [1.29, 1.82) is 0 Å². The second-order valence-corrected chi connectivity index (χ2v) is 9.12. The highest BCUT2D eigenvalue weighted by atomic mass is 32.2. The van der Waals surface area contributed by atoms with E-state index in [0.717, 1.165) is 0 Å². The van der Waals surface area contributed by atoms with Gasteiger partial charge in [0, 0.05) is 27.2 Å². The van der Waals surface area contributed by atoms with E-state index in [1.54, 1.807) is 14.0 Å². The number of amides is 2. The molecule has 9 nitrogen and oxygen atoms in total. The molecular weight excluding hydrogens is 398 g/mol. The number of fused-ring (bicyclic) bond motifs is 1. The number of hydrogen-bond donors (Lipinski definition) is 0. The molecule has 0 spiro atoms. The summed E-state index contributed by atoms with van der Waals surface area (Å²) in [7, 11) is -0.809. The van der Waals surface area contributed by atoms with E-state index in [4.69, 9.17) is 4.74 Å². The van der Waals surface area contributed by atoms with Gasteiger partial charge in [-0.25, -0.2) is 8.42 Å². The lowest BCUT2D eigenvalue weighted by Gasteiger charge is -2.31. The predicted octanol–water partition coefficient (Wildman–Crippen LogP) is 0.980. The number of esters is 1. The molecule has 0 aromatic heterocycles. The van der Waals surface area contributed by atoms with Crippen LogP contribution >= 0.6 is 0 Å². The van der Waals surface area contributed by atoms with E-state index in [-0.39, 0.29) is 36.3 Å². The molecule has 0 bridgehead atoms. The Hall–Kier alpha value is -2.46. The molecule has 1 atom stereocenters. The standard InChI is InChI=1S/C19H25N3O6S/c1-4-28-19(25)13-6-5-9-22(12-13)29(26,27)14-7-8-15-16(10-14)21(3)18(24)11-17(23)20(15)2/h7-8,10,13H,4-6,9,11-12H2,1-3H3/t13-/m1/s1. The lowest BCUT2D eigenvalue weighted by Crippen LogP contribution is -2.42. The van der Waals surface area contributed by atoms with Gasteiger partial charge in [-0.05, 0) is 38.0 Å². The zero-order chi connectivity index (χ0) is 21.3. The normalized spacial score (nSPS) is 21.0. The topological polar surface area (TPSA) is 104 Å². The number of hydrogen-bond acceptors (Lipinski definition) is 6. The van der Waals surface area contributed by atoms with Gasteiger partial charge in [0.15, 0.2) is 0 Å². The summed E-state index contributed by atoms with van der Waals surface area (Å²) in [5, 5.41) is 0. The van der Waals surface area contributed by atoms with E-state index in [9.17, 15) is 22.8 Å². The third-order valence-corrected chi connectivity index (χ3v) is 7.22. The Kier molecular flexibility index (Phi) is 5.95. The van der Waals surface area contributed by atoms with Gasteiger partial charge in [-0.1, -0.05) is 0 Å². The fraction of sp³-hybridized carbons (Fsp3) is 0.526. The molecule has 2 heterocycles. The van der Waals surface area contributed by atoms with Gasteiger partial charge in [-0.2, -0.15) is 4.31 Å². The van der Waals surface area contributed by atoms with E-state index in [2.05, 4.69) is 0 Å². The van der Waals surface area contributed by atoms with Crippen molar-refractivity contribution in [3.8, 4) is 0 Å². The number of sulfonamides is 1. The minimum Gasteiger partial charge on any atom is -0.466 e. The Morgan fingerprint density at radius 3 is 2.45 bits per heavy atom. The predicted molar refractivity (Wildman–Crippen MR) is 106 cm³/mol. The smallest absolute Gasteiger partial charge is 0.310 e. The summed E-state index contributed by atoms with van der Waals surface area (Å²) in [5.41, 5.74) is 0.814. The average molecular weight is 423 g/mol. The molecule has 0 radical (unpaired) electrons. The highest BCUT2D eigenvalue weighted by Crippen LogP contribution is 2.35. The van der Waals surface area contributed by atoms with Crippen molar-refractivity contribution >= 4 is 39.2 Å². The van der Waals surface area contributed by atoms with Crippen LogP contribution < -0.4 is 9.80 Å². The summed E-state index contributed by atoms with van der Waals surface area (Å²) in [4.78, 5) is 39.1. The van der Waals surface area contributed by atoms with E-state index in [1.807, 2.05) is 0 Å². The van der Waals surface area contributed by atoms with Crippen molar-refractivity contribution in [2.45, 2.75) is 31.1 Å². The molecule has 0 unspecified atom stereocenters. The molecule has 158 valence electrons. The van der Waals surface area contributed by atoms with Gasteiger partial charge in [0.2, 0.25) is 21.8 Å². The third-order valence-electron chi connectivity index (χ3n) is 5.36. The SMILES string of the molecule is CCOC(=O)[C@@H]1CCCN(S(=O)(=O)c2ccc3c(c2)N(C)C(=O)CC(=O)N3C)C1. The molecule has 1 aromatic rings. The molecule has 0 saturated carbocycles. The fourth-order valence-electron chi connectivity index (χ4n) is 3.61. The Morgan fingerprint density at radius 2 is 1.79 bits per heavy atom. The zero-order valence-corrected chi connectivity index (χ0v) is 17.6.